The molecule has 30 heavy (non-hydrogen) atoms. The van der Waals surface area contributed by atoms with E-state index in [4.69, 9.17) is 9.47 Å². The van der Waals surface area contributed by atoms with Gasteiger partial charge in [-0.2, -0.15) is 0 Å². The molecule has 0 atom stereocenters. The van der Waals surface area contributed by atoms with Crippen LogP contribution in [0.1, 0.15) is 36.3 Å². The average molecular weight is 423 g/mol. The maximum absolute atomic E-state index is 12.5. The second kappa shape index (κ2) is 8.67. The summed E-state index contributed by atoms with van der Waals surface area (Å²) in [6, 6.07) is 15.2. The molecule has 0 N–H and O–H groups in total. The highest BCUT2D eigenvalue weighted by atomic mass is 32.1. The molecule has 0 unspecified atom stereocenters. The molecular weight excluding hydrogens is 400 g/mol. The van der Waals surface area contributed by atoms with Crippen molar-refractivity contribution in [2.45, 2.75) is 26.7 Å². The van der Waals surface area contributed by atoms with Crippen LogP contribution in [0.25, 0.3) is 10.6 Å². The van der Waals surface area contributed by atoms with Crippen LogP contribution >= 0.6 is 11.3 Å². The van der Waals surface area contributed by atoms with E-state index in [1.54, 1.807) is 18.7 Å². The summed E-state index contributed by atoms with van der Waals surface area (Å²) < 4.78 is 11.1. The van der Waals surface area contributed by atoms with Gasteiger partial charge in [0.1, 0.15) is 10.8 Å². The van der Waals surface area contributed by atoms with E-state index < -0.39 is 5.97 Å². The summed E-state index contributed by atoms with van der Waals surface area (Å²) in [5, 5.41) is 1.02. The second-order valence-corrected chi connectivity index (χ2v) is 7.87. The predicted octanol–water partition coefficient (Wildman–Crippen LogP) is 5.08. The number of rotatable bonds is 5. The lowest BCUT2D eigenvalue weighted by Gasteiger charge is -2.28. The number of ether oxygens (including phenoxy) is 2. The molecule has 0 fully saturated rings. The fraction of sp³-hybridized carbons (Fsp3) is 0.261. The van der Waals surface area contributed by atoms with Crippen LogP contribution in [0.3, 0.4) is 0 Å². The molecule has 6 nitrogen and oxygen atoms in total. The number of amides is 1. The number of aromatic nitrogens is 1. The molecule has 1 aliphatic heterocycles. The second-order valence-electron chi connectivity index (χ2n) is 6.91. The van der Waals surface area contributed by atoms with E-state index in [9.17, 15) is 9.59 Å². The van der Waals surface area contributed by atoms with Crippen molar-refractivity contribution in [3.63, 3.8) is 0 Å². The molecule has 2 aromatic carbocycles. The Kier molecular flexibility index (Phi) is 5.81. The third-order valence-electron chi connectivity index (χ3n) is 4.85. The molecule has 3 aromatic rings. The van der Waals surface area contributed by atoms with Gasteiger partial charge in [-0.25, -0.2) is 9.78 Å². The number of hydrogen-bond donors (Lipinski definition) is 0. The van der Waals surface area contributed by atoms with Crippen LogP contribution in [0.5, 0.6) is 10.8 Å². The summed E-state index contributed by atoms with van der Waals surface area (Å²) >= 11 is 1.28. The van der Waals surface area contributed by atoms with Crippen LogP contribution in [0, 0.1) is 0 Å². The highest BCUT2D eigenvalue weighted by molar-refractivity contribution is 7.17. The lowest BCUT2D eigenvalue weighted by molar-refractivity contribution is -0.116. The Hall–Kier alpha value is -3.19. The fourth-order valence-corrected chi connectivity index (χ4v) is 4.38. The zero-order chi connectivity index (χ0) is 21.1. The minimum atomic E-state index is -0.519. The smallest absolute Gasteiger partial charge is 0.361 e. The van der Waals surface area contributed by atoms with Gasteiger partial charge in [-0.15, -0.1) is 0 Å². The average Bonchev–Trinajstić information content (AvgIpc) is 3.17. The molecule has 0 spiro atoms. The number of para-hydroxylation sites is 1. The van der Waals surface area contributed by atoms with Crippen molar-refractivity contribution < 1.29 is 19.1 Å². The molecule has 0 bridgehead atoms. The van der Waals surface area contributed by atoms with Crippen molar-refractivity contribution in [1.82, 2.24) is 4.98 Å². The minimum Gasteiger partial charge on any atom is -0.461 e. The number of benzene rings is 2. The molecule has 0 saturated carbocycles. The van der Waals surface area contributed by atoms with E-state index in [1.165, 1.54) is 11.3 Å². The number of nitrogens with zero attached hydrogens (tertiary/aromatic N) is 2. The molecule has 4 rings (SSSR count). The Morgan fingerprint density at radius 1 is 1.17 bits per heavy atom. The summed E-state index contributed by atoms with van der Waals surface area (Å²) in [4.78, 5) is 30.9. The summed E-state index contributed by atoms with van der Waals surface area (Å²) in [5.74, 6) is 0.119. The van der Waals surface area contributed by atoms with Crippen LogP contribution in [-0.2, 0) is 16.0 Å². The maximum atomic E-state index is 12.5. The molecule has 0 radical (unpaired) electrons. The standard InChI is InChI=1S/C23H22N2O4S/c1-3-28-22(27)20-23(29-18-9-5-4-6-10-18)30-21(24-20)17-12-11-16-8-7-13-25(15(2)26)19(16)14-17/h4-6,9-12,14H,3,7-8,13H2,1-2H3. The Balaban J connectivity index is 1.74. The molecule has 1 aliphatic rings. The van der Waals surface area contributed by atoms with Crippen LogP contribution in [0.15, 0.2) is 48.5 Å². The van der Waals surface area contributed by atoms with Crippen molar-refractivity contribution in [2.24, 2.45) is 0 Å². The zero-order valence-corrected chi connectivity index (χ0v) is 17.7. The summed E-state index contributed by atoms with van der Waals surface area (Å²) in [6.07, 6.45) is 1.89. The van der Waals surface area contributed by atoms with Gasteiger partial charge >= 0.3 is 5.97 Å². The third kappa shape index (κ3) is 4.07. The predicted molar refractivity (Wildman–Crippen MR) is 116 cm³/mol. The van der Waals surface area contributed by atoms with Crippen LogP contribution < -0.4 is 9.64 Å². The maximum Gasteiger partial charge on any atom is 0.361 e. The minimum absolute atomic E-state index is 0.0209. The molecule has 1 amide bonds. The van der Waals surface area contributed by atoms with Gasteiger partial charge in [-0.3, -0.25) is 4.79 Å². The Morgan fingerprint density at radius 3 is 2.70 bits per heavy atom. The van der Waals surface area contributed by atoms with Crippen molar-refractivity contribution in [3.05, 3.63) is 59.8 Å². The summed E-state index contributed by atoms with van der Waals surface area (Å²) in [6.45, 7) is 4.29. The number of carbonyl (C=O) groups excluding carboxylic acids is 2. The van der Waals surface area contributed by atoms with Crippen molar-refractivity contribution >= 4 is 28.9 Å². The van der Waals surface area contributed by atoms with Gasteiger partial charge in [-0.1, -0.05) is 41.7 Å². The van der Waals surface area contributed by atoms with Crippen LogP contribution in [-0.4, -0.2) is 30.0 Å². The molecule has 7 heteroatoms. The van der Waals surface area contributed by atoms with E-state index in [0.717, 1.165) is 29.7 Å². The zero-order valence-electron chi connectivity index (χ0n) is 16.9. The van der Waals surface area contributed by atoms with E-state index in [-0.39, 0.29) is 18.2 Å². The number of carbonyl (C=O) groups is 2. The van der Waals surface area contributed by atoms with Gasteiger partial charge in [0.25, 0.3) is 0 Å². The van der Waals surface area contributed by atoms with Crippen molar-refractivity contribution in [3.8, 4) is 21.4 Å². The number of esters is 1. The summed E-state index contributed by atoms with van der Waals surface area (Å²) in [5.41, 5.74) is 3.04. The molecule has 1 aromatic heterocycles. The highest BCUT2D eigenvalue weighted by Gasteiger charge is 2.25. The summed E-state index contributed by atoms with van der Waals surface area (Å²) in [7, 11) is 0. The largest absolute Gasteiger partial charge is 0.461 e. The quantitative estimate of drug-likeness (QED) is 0.537. The first-order chi connectivity index (χ1) is 14.6. The van der Waals surface area contributed by atoms with E-state index in [1.807, 2.05) is 48.5 Å². The number of aryl methyl sites for hydroxylation is 1. The molecular formula is C23H22N2O4S. The Morgan fingerprint density at radius 2 is 1.97 bits per heavy atom. The SMILES string of the molecule is CCOC(=O)c1nc(-c2ccc3c(c2)N(C(C)=O)CCC3)sc1Oc1ccccc1. The van der Waals surface area contributed by atoms with E-state index >= 15 is 0 Å². The third-order valence-corrected chi connectivity index (χ3v) is 5.83. The molecule has 154 valence electrons. The van der Waals surface area contributed by atoms with Gasteiger partial charge in [0.05, 0.1) is 6.61 Å². The van der Waals surface area contributed by atoms with Gasteiger partial charge in [0.2, 0.25) is 16.7 Å². The first-order valence-electron chi connectivity index (χ1n) is 9.89. The fourth-order valence-electron chi connectivity index (χ4n) is 3.46. The molecule has 0 aliphatic carbocycles. The number of hydrogen-bond acceptors (Lipinski definition) is 6. The Labute approximate surface area is 179 Å². The Bertz CT molecular complexity index is 1080. The first kappa shape index (κ1) is 20.1. The number of fused-ring (bicyclic) bond motifs is 1. The number of thiazole rings is 1. The van der Waals surface area contributed by atoms with Gasteiger partial charge in [-0.05, 0) is 43.5 Å². The topological polar surface area (TPSA) is 68.7 Å². The first-order valence-corrected chi connectivity index (χ1v) is 10.7. The van der Waals surface area contributed by atoms with Gasteiger partial charge < -0.3 is 14.4 Å². The van der Waals surface area contributed by atoms with Gasteiger partial charge in [0.15, 0.2) is 0 Å². The van der Waals surface area contributed by atoms with Crippen LogP contribution in [0.4, 0.5) is 5.69 Å². The number of anilines is 1. The lowest BCUT2D eigenvalue weighted by atomic mass is 9.99. The molecule has 2 heterocycles. The van der Waals surface area contributed by atoms with Crippen LogP contribution in [0.2, 0.25) is 0 Å². The molecule has 0 saturated heterocycles. The van der Waals surface area contributed by atoms with Crippen molar-refractivity contribution in [1.29, 1.82) is 0 Å². The lowest BCUT2D eigenvalue weighted by Crippen LogP contribution is -2.33. The monoisotopic (exact) mass is 422 g/mol. The van der Waals surface area contributed by atoms with E-state index in [0.29, 0.717) is 22.4 Å². The normalized spacial score (nSPS) is 12.9. The highest BCUT2D eigenvalue weighted by Crippen LogP contribution is 2.39. The van der Waals surface area contributed by atoms with Crippen molar-refractivity contribution in [2.75, 3.05) is 18.1 Å². The van der Waals surface area contributed by atoms with Gasteiger partial charge in [0, 0.05) is 24.7 Å². The van der Waals surface area contributed by atoms with E-state index in [2.05, 4.69) is 4.98 Å².